The molecule has 0 aliphatic carbocycles. The van der Waals surface area contributed by atoms with E-state index in [9.17, 15) is 4.79 Å². The van der Waals surface area contributed by atoms with E-state index < -0.39 is 0 Å². The zero-order chi connectivity index (χ0) is 14.5. The van der Waals surface area contributed by atoms with Gasteiger partial charge >= 0.3 is 0 Å². The highest BCUT2D eigenvalue weighted by atomic mass is 16.2. The van der Waals surface area contributed by atoms with Gasteiger partial charge in [-0.3, -0.25) is 9.69 Å². The topological polar surface area (TPSA) is 72.3 Å². The summed E-state index contributed by atoms with van der Waals surface area (Å²) in [5.74, 6) is 0.412. The minimum Gasteiger partial charge on any atom is -0.341 e. The molecule has 6 nitrogen and oxygen atoms in total. The highest BCUT2D eigenvalue weighted by molar-refractivity contribution is 5.78. The Morgan fingerprint density at radius 3 is 2.65 bits per heavy atom. The van der Waals surface area contributed by atoms with E-state index in [-0.39, 0.29) is 11.8 Å². The molecule has 0 spiro atoms. The van der Waals surface area contributed by atoms with Crippen molar-refractivity contribution in [3.8, 4) is 0 Å². The Labute approximate surface area is 120 Å². The maximum atomic E-state index is 12.0. The van der Waals surface area contributed by atoms with Gasteiger partial charge < -0.3 is 4.90 Å². The van der Waals surface area contributed by atoms with E-state index in [1.807, 2.05) is 4.90 Å². The van der Waals surface area contributed by atoms with Crippen LogP contribution in [-0.2, 0) is 4.79 Å². The van der Waals surface area contributed by atoms with Crippen molar-refractivity contribution in [1.29, 1.82) is 0 Å². The first kappa shape index (κ1) is 15.1. The van der Waals surface area contributed by atoms with E-state index in [0.29, 0.717) is 25.0 Å². The number of hydrogen-bond donors (Lipinski definition) is 0. The lowest BCUT2D eigenvalue weighted by atomic mass is 9.97. The highest BCUT2D eigenvalue weighted by Crippen LogP contribution is 2.23. The Morgan fingerprint density at radius 1 is 1.30 bits per heavy atom. The lowest BCUT2D eigenvalue weighted by Crippen LogP contribution is -2.47. The molecule has 2 aliphatic heterocycles. The summed E-state index contributed by atoms with van der Waals surface area (Å²) in [5.41, 5.74) is 8.34. The number of piperidine rings is 1. The Kier molecular flexibility index (Phi) is 5.26. The summed E-state index contributed by atoms with van der Waals surface area (Å²) in [4.78, 5) is 19.2. The van der Waals surface area contributed by atoms with Gasteiger partial charge in [-0.15, -0.1) is 0 Å². The van der Waals surface area contributed by atoms with Gasteiger partial charge in [0.15, 0.2) is 0 Å². The minimum atomic E-state index is 0.203. The molecule has 112 valence electrons. The average molecular weight is 279 g/mol. The van der Waals surface area contributed by atoms with E-state index in [1.165, 1.54) is 19.3 Å². The number of amides is 1. The number of carbonyl (C=O) groups excluding carboxylic acids is 1. The summed E-state index contributed by atoms with van der Waals surface area (Å²) in [6.07, 6.45) is 4.37. The van der Waals surface area contributed by atoms with Gasteiger partial charge in [0.05, 0.1) is 0 Å². The molecule has 2 rings (SSSR count). The smallest absolute Gasteiger partial charge is 0.222 e. The number of carbonyl (C=O) groups is 1. The molecule has 3 atom stereocenters. The van der Waals surface area contributed by atoms with E-state index in [0.717, 1.165) is 19.6 Å². The lowest BCUT2D eigenvalue weighted by Gasteiger charge is -2.39. The van der Waals surface area contributed by atoms with E-state index in [1.54, 1.807) is 0 Å². The largest absolute Gasteiger partial charge is 0.341 e. The summed E-state index contributed by atoms with van der Waals surface area (Å²) in [7, 11) is 0. The predicted octanol–water partition coefficient (Wildman–Crippen LogP) is 2.41. The Bertz CT molecular complexity index is 383. The molecule has 2 saturated heterocycles. The summed E-state index contributed by atoms with van der Waals surface area (Å²) in [6.45, 7) is 7.52. The average Bonchev–Trinajstić information content (AvgIpc) is 2.76. The van der Waals surface area contributed by atoms with Crippen LogP contribution in [0.25, 0.3) is 10.4 Å². The monoisotopic (exact) mass is 279 g/mol. The van der Waals surface area contributed by atoms with Gasteiger partial charge in [0.1, 0.15) is 0 Å². The summed E-state index contributed by atoms with van der Waals surface area (Å²) >= 11 is 0. The highest BCUT2D eigenvalue weighted by Gasteiger charge is 2.30. The second kappa shape index (κ2) is 6.95. The van der Waals surface area contributed by atoms with Crippen LogP contribution >= 0.6 is 0 Å². The fourth-order valence-corrected chi connectivity index (χ4v) is 3.50. The molecule has 1 amide bonds. The Balaban J connectivity index is 1.81. The Hall–Kier alpha value is -1.26. The molecule has 0 aromatic carbocycles. The van der Waals surface area contributed by atoms with Crippen LogP contribution in [0.1, 0.15) is 39.5 Å². The van der Waals surface area contributed by atoms with Crippen LogP contribution in [0.3, 0.4) is 0 Å². The van der Waals surface area contributed by atoms with Crippen molar-refractivity contribution in [2.75, 3.05) is 26.2 Å². The first-order chi connectivity index (χ1) is 9.61. The molecule has 0 bridgehead atoms. The van der Waals surface area contributed by atoms with Crippen LogP contribution in [0, 0.1) is 5.92 Å². The van der Waals surface area contributed by atoms with Crippen molar-refractivity contribution in [2.45, 2.75) is 51.6 Å². The molecule has 2 aliphatic rings. The zero-order valence-corrected chi connectivity index (χ0v) is 12.5. The standard InChI is InChI=1S/C14H25N5O/c1-11-4-3-5-12(2)19(11)7-6-18-10-13(8-14(18)20)9-16-17-15/h11-13H,3-10H2,1-2H3. The van der Waals surface area contributed by atoms with Gasteiger partial charge in [0, 0.05) is 49.6 Å². The molecule has 0 radical (unpaired) electrons. The molecular formula is C14H25N5O. The van der Waals surface area contributed by atoms with Gasteiger partial charge in [-0.25, -0.2) is 0 Å². The SMILES string of the molecule is CC1CCCC(C)N1CCN1CC(CN=[N+]=[N-])CC1=O. The first-order valence-electron chi connectivity index (χ1n) is 7.66. The van der Waals surface area contributed by atoms with Gasteiger partial charge in [0.25, 0.3) is 0 Å². The van der Waals surface area contributed by atoms with Crippen LogP contribution in [-0.4, -0.2) is 54.0 Å². The van der Waals surface area contributed by atoms with Crippen molar-refractivity contribution in [2.24, 2.45) is 11.0 Å². The molecule has 3 unspecified atom stereocenters. The summed E-state index contributed by atoms with van der Waals surface area (Å²) in [5, 5.41) is 3.59. The molecule has 0 saturated carbocycles. The van der Waals surface area contributed by atoms with Gasteiger partial charge in [-0.2, -0.15) is 0 Å². The molecule has 0 aromatic rings. The minimum absolute atomic E-state index is 0.203. The molecule has 20 heavy (non-hydrogen) atoms. The van der Waals surface area contributed by atoms with Gasteiger partial charge in [0.2, 0.25) is 5.91 Å². The van der Waals surface area contributed by atoms with Crippen LogP contribution in [0.5, 0.6) is 0 Å². The van der Waals surface area contributed by atoms with Crippen molar-refractivity contribution in [3.63, 3.8) is 0 Å². The normalized spacial score (nSPS) is 31.4. The summed E-state index contributed by atoms with van der Waals surface area (Å²) in [6, 6.07) is 1.24. The number of hydrogen-bond acceptors (Lipinski definition) is 3. The number of rotatable bonds is 5. The van der Waals surface area contributed by atoms with Crippen molar-refractivity contribution in [3.05, 3.63) is 10.4 Å². The van der Waals surface area contributed by atoms with Crippen molar-refractivity contribution < 1.29 is 4.79 Å². The van der Waals surface area contributed by atoms with Gasteiger partial charge in [-0.1, -0.05) is 11.5 Å². The molecule has 2 heterocycles. The first-order valence-corrected chi connectivity index (χ1v) is 7.66. The molecule has 0 N–H and O–H groups in total. The fraction of sp³-hybridized carbons (Fsp3) is 0.929. The molecular weight excluding hydrogens is 254 g/mol. The second-order valence-electron chi connectivity index (χ2n) is 6.19. The maximum absolute atomic E-state index is 12.0. The van der Waals surface area contributed by atoms with E-state index in [4.69, 9.17) is 5.53 Å². The van der Waals surface area contributed by atoms with Crippen molar-refractivity contribution >= 4 is 5.91 Å². The third kappa shape index (κ3) is 3.64. The molecule has 6 heteroatoms. The second-order valence-corrected chi connectivity index (χ2v) is 6.19. The maximum Gasteiger partial charge on any atom is 0.222 e. The quantitative estimate of drug-likeness (QED) is 0.440. The lowest BCUT2D eigenvalue weighted by molar-refractivity contribution is -0.128. The zero-order valence-electron chi connectivity index (χ0n) is 12.5. The van der Waals surface area contributed by atoms with Gasteiger partial charge in [-0.05, 0) is 38.1 Å². The van der Waals surface area contributed by atoms with Crippen molar-refractivity contribution in [1.82, 2.24) is 9.80 Å². The van der Waals surface area contributed by atoms with Crippen LogP contribution < -0.4 is 0 Å². The number of azide groups is 1. The Morgan fingerprint density at radius 2 is 2.00 bits per heavy atom. The van der Waals surface area contributed by atoms with Crippen LogP contribution in [0.4, 0.5) is 0 Å². The van der Waals surface area contributed by atoms with Crippen LogP contribution in [0.2, 0.25) is 0 Å². The summed E-state index contributed by atoms with van der Waals surface area (Å²) < 4.78 is 0. The third-order valence-corrected chi connectivity index (χ3v) is 4.70. The van der Waals surface area contributed by atoms with Crippen LogP contribution in [0.15, 0.2) is 5.11 Å². The van der Waals surface area contributed by atoms with E-state index in [2.05, 4.69) is 28.8 Å². The van der Waals surface area contributed by atoms with E-state index >= 15 is 0 Å². The molecule has 0 aromatic heterocycles. The predicted molar refractivity (Wildman–Crippen MR) is 78.2 cm³/mol. The number of nitrogens with zero attached hydrogens (tertiary/aromatic N) is 5. The fourth-order valence-electron chi connectivity index (χ4n) is 3.50. The third-order valence-electron chi connectivity index (χ3n) is 4.70. The number of likely N-dealkylation sites (tertiary alicyclic amines) is 2. The molecule has 2 fully saturated rings.